The number of hydrogen-bond donors (Lipinski definition) is 0. The second-order valence-corrected chi connectivity index (χ2v) is 9.45. The number of nitro benzene ring substituents is 1. The maximum Gasteiger partial charge on any atom is 0.293 e. The Morgan fingerprint density at radius 2 is 1.78 bits per heavy atom. The van der Waals surface area contributed by atoms with E-state index in [0.29, 0.717) is 18.2 Å². The van der Waals surface area contributed by atoms with Gasteiger partial charge in [0.1, 0.15) is 5.69 Å². The van der Waals surface area contributed by atoms with Gasteiger partial charge in [-0.05, 0) is 42.0 Å². The number of nitro groups is 1. The second kappa shape index (κ2) is 7.31. The van der Waals surface area contributed by atoms with Crippen molar-refractivity contribution in [1.29, 1.82) is 0 Å². The van der Waals surface area contributed by atoms with Crippen LogP contribution in [-0.2, 0) is 16.4 Å². The first kappa shape index (κ1) is 19.4. The van der Waals surface area contributed by atoms with Crippen LogP contribution in [-0.4, -0.2) is 25.6 Å². The van der Waals surface area contributed by atoms with Crippen molar-refractivity contribution in [2.24, 2.45) is 0 Å². The Kier molecular flexibility index (Phi) is 5.24. The summed E-state index contributed by atoms with van der Waals surface area (Å²) < 4.78 is 23.6. The maximum atomic E-state index is 11.8. The molecule has 0 atom stereocenters. The summed E-state index contributed by atoms with van der Waals surface area (Å²) in [6.07, 6.45) is 3.02. The summed E-state index contributed by atoms with van der Waals surface area (Å²) in [6, 6.07) is 12.7. The normalized spacial score (nSPS) is 14.4. The molecule has 0 aromatic heterocycles. The fraction of sp³-hybridized carbons (Fsp3) is 0.400. The number of benzene rings is 2. The Bertz CT molecular complexity index is 948. The molecular formula is C20H24N2O4S. The van der Waals surface area contributed by atoms with E-state index in [-0.39, 0.29) is 16.6 Å². The molecule has 0 saturated heterocycles. The summed E-state index contributed by atoms with van der Waals surface area (Å²) in [7, 11) is -3.50. The third-order valence-corrected chi connectivity index (χ3v) is 5.98. The molecular weight excluding hydrogens is 364 g/mol. The molecule has 0 radical (unpaired) electrons. The minimum atomic E-state index is -3.50. The number of rotatable bonds is 7. The number of anilines is 1. The molecule has 1 aliphatic carbocycles. The average Bonchev–Trinajstić information content (AvgIpc) is 3.43. The molecule has 3 rings (SSSR count). The molecule has 0 spiro atoms. The Labute approximate surface area is 159 Å². The van der Waals surface area contributed by atoms with Crippen LogP contribution in [0.4, 0.5) is 11.4 Å². The molecule has 7 heteroatoms. The minimum absolute atomic E-state index is 0.0324. The van der Waals surface area contributed by atoms with Gasteiger partial charge in [-0.2, -0.15) is 0 Å². The average molecular weight is 388 g/mol. The van der Waals surface area contributed by atoms with Crippen LogP contribution in [0, 0.1) is 10.1 Å². The molecule has 1 saturated carbocycles. The topological polar surface area (TPSA) is 80.5 Å². The van der Waals surface area contributed by atoms with E-state index in [1.54, 1.807) is 6.07 Å². The van der Waals surface area contributed by atoms with Gasteiger partial charge in [0.05, 0.1) is 9.82 Å². The van der Waals surface area contributed by atoms with Gasteiger partial charge in [0.2, 0.25) is 0 Å². The summed E-state index contributed by atoms with van der Waals surface area (Å²) in [5.74, 6) is 0.447. The summed E-state index contributed by atoms with van der Waals surface area (Å²) in [6.45, 7) is 4.83. The standard InChI is InChI=1S/C20H24N2O4S/c1-14(2)16-6-4-15(5-7-16)13-21(17-8-9-17)19-11-10-18(27(3,25)26)12-20(19)22(23)24/h4-7,10-12,14,17H,8-9,13H2,1-3H3. The smallest absolute Gasteiger partial charge is 0.293 e. The third kappa shape index (κ3) is 4.47. The minimum Gasteiger partial charge on any atom is -0.359 e. The van der Waals surface area contributed by atoms with Crippen LogP contribution in [0.5, 0.6) is 0 Å². The van der Waals surface area contributed by atoms with Crippen LogP contribution in [0.2, 0.25) is 0 Å². The molecule has 1 fully saturated rings. The van der Waals surface area contributed by atoms with Crippen molar-refractivity contribution in [2.75, 3.05) is 11.2 Å². The molecule has 0 bridgehead atoms. The molecule has 0 N–H and O–H groups in total. The van der Waals surface area contributed by atoms with E-state index in [1.807, 2.05) is 4.90 Å². The highest BCUT2D eigenvalue weighted by Crippen LogP contribution is 2.39. The van der Waals surface area contributed by atoms with Crippen molar-refractivity contribution < 1.29 is 13.3 Å². The maximum absolute atomic E-state index is 11.8. The van der Waals surface area contributed by atoms with E-state index in [2.05, 4.69) is 38.1 Å². The number of nitrogens with zero attached hydrogens (tertiary/aromatic N) is 2. The molecule has 2 aromatic rings. The summed E-state index contributed by atoms with van der Waals surface area (Å²) >= 11 is 0. The van der Waals surface area contributed by atoms with Crippen molar-refractivity contribution in [2.45, 2.75) is 50.1 Å². The lowest BCUT2D eigenvalue weighted by molar-refractivity contribution is -0.384. The molecule has 27 heavy (non-hydrogen) atoms. The largest absolute Gasteiger partial charge is 0.359 e. The Balaban J connectivity index is 1.96. The zero-order valence-electron chi connectivity index (χ0n) is 15.8. The summed E-state index contributed by atoms with van der Waals surface area (Å²) in [5, 5.41) is 11.6. The molecule has 0 amide bonds. The lowest BCUT2D eigenvalue weighted by atomic mass is 10.0. The van der Waals surface area contributed by atoms with E-state index >= 15 is 0 Å². The van der Waals surface area contributed by atoms with Crippen molar-refractivity contribution >= 4 is 21.2 Å². The van der Waals surface area contributed by atoms with Crippen LogP contribution < -0.4 is 4.90 Å². The second-order valence-electron chi connectivity index (χ2n) is 7.44. The third-order valence-electron chi connectivity index (χ3n) is 4.87. The van der Waals surface area contributed by atoms with Gasteiger partial charge in [-0.15, -0.1) is 0 Å². The van der Waals surface area contributed by atoms with E-state index in [9.17, 15) is 18.5 Å². The van der Waals surface area contributed by atoms with Crippen LogP contribution in [0.3, 0.4) is 0 Å². The zero-order valence-corrected chi connectivity index (χ0v) is 16.6. The van der Waals surface area contributed by atoms with Gasteiger partial charge in [0.15, 0.2) is 9.84 Å². The van der Waals surface area contributed by atoms with Gasteiger partial charge in [-0.3, -0.25) is 10.1 Å². The lowest BCUT2D eigenvalue weighted by Crippen LogP contribution is -2.26. The first-order chi connectivity index (χ1) is 12.7. The van der Waals surface area contributed by atoms with Crippen molar-refractivity contribution in [3.8, 4) is 0 Å². The van der Waals surface area contributed by atoms with Gasteiger partial charge >= 0.3 is 0 Å². The first-order valence-corrected chi connectivity index (χ1v) is 10.9. The summed E-state index contributed by atoms with van der Waals surface area (Å²) in [4.78, 5) is 13.1. The highest BCUT2D eigenvalue weighted by atomic mass is 32.2. The highest BCUT2D eigenvalue weighted by molar-refractivity contribution is 7.90. The van der Waals surface area contributed by atoms with E-state index in [1.165, 1.54) is 17.7 Å². The van der Waals surface area contributed by atoms with Gasteiger partial charge < -0.3 is 4.90 Å². The predicted molar refractivity (Wildman–Crippen MR) is 106 cm³/mol. The molecule has 6 nitrogen and oxygen atoms in total. The Hall–Kier alpha value is -2.41. The van der Waals surface area contributed by atoms with E-state index < -0.39 is 14.8 Å². The van der Waals surface area contributed by atoms with Crippen LogP contribution in [0.15, 0.2) is 47.4 Å². The molecule has 1 aliphatic rings. The number of sulfone groups is 1. The van der Waals surface area contributed by atoms with Crippen LogP contribution in [0.1, 0.15) is 43.7 Å². The van der Waals surface area contributed by atoms with Crippen LogP contribution >= 0.6 is 0 Å². The quantitative estimate of drug-likeness (QED) is 0.522. The first-order valence-electron chi connectivity index (χ1n) is 9.01. The Morgan fingerprint density at radius 1 is 1.15 bits per heavy atom. The van der Waals surface area contributed by atoms with Crippen molar-refractivity contribution in [3.63, 3.8) is 0 Å². The van der Waals surface area contributed by atoms with Crippen LogP contribution in [0.25, 0.3) is 0 Å². The SMILES string of the molecule is CC(C)c1ccc(CN(c2ccc(S(C)(=O)=O)cc2[N+](=O)[O-])C2CC2)cc1. The zero-order chi connectivity index (χ0) is 19.8. The van der Waals surface area contributed by atoms with E-state index in [0.717, 1.165) is 24.7 Å². The lowest BCUT2D eigenvalue weighted by Gasteiger charge is -2.25. The van der Waals surface area contributed by atoms with Gasteiger partial charge in [0.25, 0.3) is 5.69 Å². The van der Waals surface area contributed by atoms with Gasteiger partial charge in [-0.1, -0.05) is 38.1 Å². The fourth-order valence-corrected chi connectivity index (χ4v) is 3.77. The fourth-order valence-electron chi connectivity index (χ4n) is 3.12. The Morgan fingerprint density at radius 3 is 2.26 bits per heavy atom. The molecule has 144 valence electrons. The molecule has 0 heterocycles. The van der Waals surface area contributed by atoms with Gasteiger partial charge in [-0.25, -0.2) is 8.42 Å². The van der Waals surface area contributed by atoms with E-state index in [4.69, 9.17) is 0 Å². The monoisotopic (exact) mass is 388 g/mol. The molecule has 0 aliphatic heterocycles. The molecule has 2 aromatic carbocycles. The number of hydrogen-bond acceptors (Lipinski definition) is 5. The van der Waals surface area contributed by atoms with Gasteiger partial charge in [0, 0.05) is 24.9 Å². The van der Waals surface area contributed by atoms with Crippen molar-refractivity contribution in [1.82, 2.24) is 0 Å². The highest BCUT2D eigenvalue weighted by Gasteiger charge is 2.33. The predicted octanol–water partition coefficient (Wildman–Crippen LogP) is 4.29. The van der Waals surface area contributed by atoms with Crippen molar-refractivity contribution in [3.05, 3.63) is 63.7 Å². The molecule has 0 unspecified atom stereocenters. The summed E-state index contributed by atoms with van der Waals surface area (Å²) in [5.41, 5.74) is 2.64.